The molecule has 0 N–H and O–H groups in total. The lowest BCUT2D eigenvalue weighted by atomic mass is 10.1. The van der Waals surface area contributed by atoms with Crippen LogP contribution < -0.4 is 0 Å². The number of aryl methyl sites for hydroxylation is 1. The number of piperazine rings is 1. The predicted octanol–water partition coefficient (Wildman–Crippen LogP) is 3.13. The highest BCUT2D eigenvalue weighted by Crippen LogP contribution is 2.25. The highest BCUT2D eigenvalue weighted by Gasteiger charge is 2.25. The van der Waals surface area contributed by atoms with Crippen LogP contribution in [0.3, 0.4) is 0 Å². The zero-order chi connectivity index (χ0) is 22.4. The first kappa shape index (κ1) is 22.8. The fourth-order valence-corrected chi connectivity index (χ4v) is 3.93. The smallest absolute Gasteiger partial charge is 0.345 e. The van der Waals surface area contributed by atoms with Crippen molar-refractivity contribution in [2.24, 2.45) is 0 Å². The van der Waals surface area contributed by atoms with Crippen LogP contribution in [-0.4, -0.2) is 65.6 Å². The topological polar surface area (TPSA) is 93.0 Å². The minimum atomic E-state index is -0.867. The number of benzene rings is 2. The Bertz CT molecular complexity index is 973. The third-order valence-corrected chi connectivity index (χ3v) is 5.89. The maximum atomic E-state index is 12.5. The average molecular weight is 444 g/mol. The van der Waals surface area contributed by atoms with Crippen LogP contribution in [0, 0.1) is 17.0 Å². The van der Waals surface area contributed by atoms with E-state index in [1.165, 1.54) is 35.0 Å². The summed E-state index contributed by atoms with van der Waals surface area (Å²) in [6.45, 7) is 5.01. The van der Waals surface area contributed by atoms with Gasteiger partial charge in [-0.1, -0.05) is 29.8 Å². The molecule has 1 fully saturated rings. The van der Waals surface area contributed by atoms with Crippen molar-refractivity contribution in [2.45, 2.75) is 18.4 Å². The molecular formula is C22H25N3O5S. The lowest BCUT2D eigenvalue weighted by Gasteiger charge is -2.34. The van der Waals surface area contributed by atoms with E-state index in [-0.39, 0.29) is 17.2 Å². The van der Waals surface area contributed by atoms with Gasteiger partial charge in [0.05, 0.1) is 4.92 Å². The molecule has 1 aliphatic heterocycles. The van der Waals surface area contributed by atoms with Crippen molar-refractivity contribution in [3.63, 3.8) is 0 Å². The van der Waals surface area contributed by atoms with Crippen LogP contribution in [0.1, 0.15) is 21.5 Å². The van der Waals surface area contributed by atoms with Crippen molar-refractivity contribution in [3.05, 3.63) is 69.3 Å². The standard InChI is InChI=1S/C22H25N3O5S/c1-16-4-3-5-17(12-16)14-23-8-10-24(11-9-23)21(26)15-30-22(27)19-13-18(31-2)6-7-20(19)25(28)29/h3-7,12-13H,8-11,14-15H2,1-2H3. The SMILES string of the molecule is CSc1ccc([N+](=O)[O-])c(C(=O)OCC(=O)N2CCN(Cc3cccc(C)c3)CC2)c1. The van der Waals surface area contributed by atoms with Gasteiger partial charge in [0.1, 0.15) is 5.56 Å². The van der Waals surface area contributed by atoms with Crippen LogP contribution in [0.25, 0.3) is 0 Å². The molecule has 0 aromatic heterocycles. The molecule has 2 aromatic rings. The van der Waals surface area contributed by atoms with E-state index in [2.05, 4.69) is 30.0 Å². The Morgan fingerprint density at radius 2 is 1.87 bits per heavy atom. The first-order valence-corrected chi connectivity index (χ1v) is 11.1. The molecule has 0 bridgehead atoms. The van der Waals surface area contributed by atoms with Gasteiger partial charge in [-0.15, -0.1) is 11.8 Å². The number of carbonyl (C=O) groups excluding carboxylic acids is 2. The van der Waals surface area contributed by atoms with Crippen molar-refractivity contribution in [1.82, 2.24) is 9.80 Å². The Morgan fingerprint density at radius 1 is 1.13 bits per heavy atom. The minimum Gasteiger partial charge on any atom is -0.452 e. The number of amides is 1. The molecule has 0 radical (unpaired) electrons. The molecular weight excluding hydrogens is 418 g/mol. The van der Waals surface area contributed by atoms with Gasteiger partial charge in [0, 0.05) is 43.7 Å². The molecule has 31 heavy (non-hydrogen) atoms. The number of nitro groups is 1. The Labute approximate surface area is 185 Å². The van der Waals surface area contributed by atoms with E-state index >= 15 is 0 Å². The van der Waals surface area contributed by atoms with Crippen LogP contribution in [0.2, 0.25) is 0 Å². The first-order chi connectivity index (χ1) is 14.9. The zero-order valence-corrected chi connectivity index (χ0v) is 18.4. The summed E-state index contributed by atoms with van der Waals surface area (Å²) < 4.78 is 5.11. The maximum absolute atomic E-state index is 12.5. The van der Waals surface area contributed by atoms with Gasteiger partial charge in [-0.2, -0.15) is 0 Å². The summed E-state index contributed by atoms with van der Waals surface area (Å²) in [6, 6.07) is 12.6. The van der Waals surface area contributed by atoms with Crippen LogP contribution >= 0.6 is 11.8 Å². The van der Waals surface area contributed by atoms with Gasteiger partial charge in [-0.3, -0.25) is 19.8 Å². The molecule has 1 aliphatic rings. The van der Waals surface area contributed by atoms with Crippen LogP contribution in [0.15, 0.2) is 47.4 Å². The average Bonchev–Trinajstić information content (AvgIpc) is 2.77. The molecule has 0 atom stereocenters. The van der Waals surface area contributed by atoms with Gasteiger partial charge in [0.25, 0.3) is 11.6 Å². The summed E-state index contributed by atoms with van der Waals surface area (Å²) in [5.41, 5.74) is 1.98. The highest BCUT2D eigenvalue weighted by atomic mass is 32.2. The number of ether oxygens (including phenoxy) is 1. The normalized spacial score (nSPS) is 14.3. The fraction of sp³-hybridized carbons (Fsp3) is 0.364. The molecule has 2 aromatic carbocycles. The molecule has 164 valence electrons. The molecule has 1 saturated heterocycles. The summed E-state index contributed by atoms with van der Waals surface area (Å²) >= 11 is 1.36. The highest BCUT2D eigenvalue weighted by molar-refractivity contribution is 7.98. The Morgan fingerprint density at radius 3 is 2.52 bits per heavy atom. The maximum Gasteiger partial charge on any atom is 0.345 e. The van der Waals surface area contributed by atoms with Gasteiger partial charge in [-0.05, 0) is 30.9 Å². The summed E-state index contributed by atoms with van der Waals surface area (Å²) in [5.74, 6) is -1.17. The largest absolute Gasteiger partial charge is 0.452 e. The number of hydrogen-bond donors (Lipinski definition) is 0. The molecule has 3 rings (SSSR count). The quantitative estimate of drug-likeness (QED) is 0.281. The zero-order valence-electron chi connectivity index (χ0n) is 17.6. The van der Waals surface area contributed by atoms with Crippen LogP contribution in [0.5, 0.6) is 0 Å². The van der Waals surface area contributed by atoms with Gasteiger partial charge in [0.2, 0.25) is 0 Å². The second kappa shape index (κ2) is 10.4. The third kappa shape index (κ3) is 6.05. The van der Waals surface area contributed by atoms with E-state index in [1.807, 2.05) is 6.07 Å². The lowest BCUT2D eigenvalue weighted by Crippen LogP contribution is -2.49. The molecule has 0 spiro atoms. The number of esters is 1. The van der Waals surface area contributed by atoms with E-state index in [0.717, 1.165) is 19.6 Å². The molecule has 9 heteroatoms. The van der Waals surface area contributed by atoms with Gasteiger partial charge < -0.3 is 9.64 Å². The summed E-state index contributed by atoms with van der Waals surface area (Å²) in [7, 11) is 0. The Kier molecular flexibility index (Phi) is 7.64. The summed E-state index contributed by atoms with van der Waals surface area (Å²) in [5, 5.41) is 11.2. The van der Waals surface area contributed by atoms with Gasteiger partial charge >= 0.3 is 5.97 Å². The van der Waals surface area contributed by atoms with E-state index < -0.39 is 17.5 Å². The Hall–Kier alpha value is -2.91. The van der Waals surface area contributed by atoms with Gasteiger partial charge in [0.15, 0.2) is 6.61 Å². The number of hydrogen-bond acceptors (Lipinski definition) is 7. The lowest BCUT2D eigenvalue weighted by molar-refractivity contribution is -0.385. The van der Waals surface area contributed by atoms with E-state index in [1.54, 1.807) is 17.2 Å². The van der Waals surface area contributed by atoms with E-state index in [4.69, 9.17) is 4.74 Å². The number of carbonyl (C=O) groups is 2. The van der Waals surface area contributed by atoms with E-state index in [0.29, 0.717) is 18.0 Å². The molecule has 0 saturated carbocycles. The van der Waals surface area contributed by atoms with Crippen molar-refractivity contribution in [1.29, 1.82) is 0 Å². The van der Waals surface area contributed by atoms with Crippen LogP contribution in [0.4, 0.5) is 5.69 Å². The van der Waals surface area contributed by atoms with Crippen molar-refractivity contribution >= 4 is 29.3 Å². The number of thioether (sulfide) groups is 1. The molecule has 0 aliphatic carbocycles. The minimum absolute atomic E-state index is 0.146. The molecule has 1 heterocycles. The number of nitro benzene ring substituents is 1. The predicted molar refractivity (Wildman–Crippen MR) is 118 cm³/mol. The number of nitrogens with zero attached hydrogens (tertiary/aromatic N) is 3. The summed E-state index contributed by atoms with van der Waals surface area (Å²) in [4.78, 5) is 40.1. The second-order valence-corrected chi connectivity index (χ2v) is 8.24. The van der Waals surface area contributed by atoms with Crippen molar-refractivity contribution < 1.29 is 19.2 Å². The first-order valence-electron chi connectivity index (χ1n) is 9.92. The molecule has 1 amide bonds. The molecule has 8 nitrogen and oxygen atoms in total. The molecule has 0 unspecified atom stereocenters. The fourth-order valence-electron chi connectivity index (χ4n) is 3.49. The Balaban J connectivity index is 1.51. The van der Waals surface area contributed by atoms with E-state index in [9.17, 15) is 19.7 Å². The third-order valence-electron chi connectivity index (χ3n) is 5.16. The van der Waals surface area contributed by atoms with Crippen molar-refractivity contribution in [2.75, 3.05) is 39.0 Å². The number of rotatable bonds is 7. The monoisotopic (exact) mass is 443 g/mol. The second-order valence-electron chi connectivity index (χ2n) is 7.36. The van der Waals surface area contributed by atoms with Gasteiger partial charge in [-0.25, -0.2) is 4.79 Å². The van der Waals surface area contributed by atoms with Crippen molar-refractivity contribution in [3.8, 4) is 0 Å². The van der Waals surface area contributed by atoms with Crippen LogP contribution in [-0.2, 0) is 16.1 Å². The summed E-state index contributed by atoms with van der Waals surface area (Å²) in [6.07, 6.45) is 1.80.